The smallest absolute Gasteiger partial charge is 0.338 e. The number of anilines is 1. The Labute approximate surface area is 195 Å². The van der Waals surface area contributed by atoms with Gasteiger partial charge in [0, 0.05) is 26.9 Å². The molecule has 0 aliphatic heterocycles. The maximum Gasteiger partial charge on any atom is 0.338 e. The van der Waals surface area contributed by atoms with Crippen LogP contribution in [0, 0.1) is 0 Å². The van der Waals surface area contributed by atoms with E-state index < -0.39 is 23.9 Å². The first-order valence-corrected chi connectivity index (χ1v) is 11.1. The van der Waals surface area contributed by atoms with Crippen molar-refractivity contribution < 1.29 is 19.1 Å². The van der Waals surface area contributed by atoms with Gasteiger partial charge in [0.2, 0.25) is 5.91 Å². The molecule has 0 aliphatic rings. The number of nitrogens with two attached hydrogens (primary N) is 1. The van der Waals surface area contributed by atoms with Crippen molar-refractivity contribution in [2.24, 2.45) is 5.73 Å². The molecule has 164 valence electrons. The summed E-state index contributed by atoms with van der Waals surface area (Å²) in [6.07, 6.45) is -1.00. The van der Waals surface area contributed by atoms with Crippen LogP contribution in [0.3, 0.4) is 0 Å². The molecule has 0 radical (unpaired) electrons. The van der Waals surface area contributed by atoms with Gasteiger partial charge in [-0.25, -0.2) is 4.79 Å². The van der Waals surface area contributed by atoms with Gasteiger partial charge < -0.3 is 15.8 Å². The number of ether oxygens (including phenoxy) is 1. The predicted molar refractivity (Wildman–Crippen MR) is 126 cm³/mol. The molecule has 0 spiro atoms. The Morgan fingerprint density at radius 3 is 2.12 bits per heavy atom. The molecule has 3 aromatic rings. The molecule has 3 N–H and O–H groups in total. The van der Waals surface area contributed by atoms with E-state index in [9.17, 15) is 14.4 Å². The van der Waals surface area contributed by atoms with E-state index in [1.54, 1.807) is 36.0 Å². The van der Waals surface area contributed by atoms with Gasteiger partial charge in [-0.1, -0.05) is 23.7 Å². The van der Waals surface area contributed by atoms with Gasteiger partial charge in [-0.2, -0.15) is 0 Å². The number of carbonyl (C=O) groups excluding carboxylic acids is 3. The average Bonchev–Trinajstić information content (AvgIpc) is 2.79. The first kappa shape index (κ1) is 23.4. The second kappa shape index (κ2) is 10.8. The normalized spacial score (nSPS) is 11.4. The van der Waals surface area contributed by atoms with Crippen molar-refractivity contribution in [2.75, 3.05) is 5.32 Å². The number of hydrogen-bond acceptors (Lipinski definition) is 5. The van der Waals surface area contributed by atoms with Crippen molar-refractivity contribution in [3.8, 4) is 0 Å². The minimum Gasteiger partial charge on any atom is -0.449 e. The van der Waals surface area contributed by atoms with Gasteiger partial charge in [0.1, 0.15) is 0 Å². The topological polar surface area (TPSA) is 98.5 Å². The Morgan fingerprint density at radius 2 is 1.53 bits per heavy atom. The molecule has 2 amide bonds. The summed E-state index contributed by atoms with van der Waals surface area (Å²) in [6.45, 7) is 1.49. The Bertz CT molecular complexity index is 1100. The number of amides is 2. The second-order valence-corrected chi connectivity index (χ2v) is 8.40. The largest absolute Gasteiger partial charge is 0.449 e. The third-order valence-electron chi connectivity index (χ3n) is 4.50. The molecule has 0 saturated heterocycles. The summed E-state index contributed by atoms with van der Waals surface area (Å²) in [5.74, 6) is -0.890. The van der Waals surface area contributed by atoms with Crippen molar-refractivity contribution >= 4 is 46.8 Å². The molecule has 3 aromatic carbocycles. The molecule has 6 nitrogen and oxygen atoms in total. The monoisotopic (exact) mass is 468 g/mol. The van der Waals surface area contributed by atoms with E-state index >= 15 is 0 Å². The van der Waals surface area contributed by atoms with E-state index in [1.165, 1.54) is 19.1 Å². The number of nitrogens with one attached hydrogen (secondary N) is 1. The summed E-state index contributed by atoms with van der Waals surface area (Å²) in [6, 6.07) is 20.8. The van der Waals surface area contributed by atoms with Crippen molar-refractivity contribution in [1.82, 2.24) is 0 Å². The number of carbonyl (C=O) groups is 3. The van der Waals surface area contributed by atoms with Crippen LogP contribution in [0.4, 0.5) is 5.69 Å². The van der Waals surface area contributed by atoms with Gasteiger partial charge in [-0.3, -0.25) is 9.59 Å². The molecule has 32 heavy (non-hydrogen) atoms. The highest BCUT2D eigenvalue weighted by molar-refractivity contribution is 7.98. The molecular weight excluding hydrogens is 448 g/mol. The van der Waals surface area contributed by atoms with Gasteiger partial charge in [0.05, 0.1) is 5.56 Å². The summed E-state index contributed by atoms with van der Waals surface area (Å²) in [5, 5.41) is 3.33. The molecule has 0 saturated carbocycles. The lowest BCUT2D eigenvalue weighted by molar-refractivity contribution is -0.123. The first-order valence-electron chi connectivity index (χ1n) is 9.71. The highest BCUT2D eigenvalue weighted by Crippen LogP contribution is 2.24. The second-order valence-electron chi connectivity index (χ2n) is 6.92. The molecule has 0 fully saturated rings. The van der Waals surface area contributed by atoms with E-state index in [-0.39, 0.29) is 0 Å². The fourth-order valence-corrected chi connectivity index (χ4v) is 3.66. The van der Waals surface area contributed by atoms with Gasteiger partial charge in [-0.15, -0.1) is 11.8 Å². The summed E-state index contributed by atoms with van der Waals surface area (Å²) >= 11 is 7.56. The zero-order valence-corrected chi connectivity index (χ0v) is 18.8. The molecule has 0 bridgehead atoms. The Kier molecular flexibility index (Phi) is 7.92. The number of rotatable bonds is 8. The van der Waals surface area contributed by atoms with Crippen LogP contribution < -0.4 is 11.1 Å². The maximum absolute atomic E-state index is 12.4. The Morgan fingerprint density at radius 1 is 0.938 bits per heavy atom. The Hall–Kier alpha value is -3.29. The first-order chi connectivity index (χ1) is 15.3. The number of thioether (sulfide) groups is 1. The van der Waals surface area contributed by atoms with E-state index in [4.69, 9.17) is 22.1 Å². The van der Waals surface area contributed by atoms with Gasteiger partial charge in [-0.05, 0) is 73.2 Å². The van der Waals surface area contributed by atoms with Crippen LogP contribution in [0.25, 0.3) is 0 Å². The predicted octanol–water partition coefficient (Wildman–Crippen LogP) is 4.92. The van der Waals surface area contributed by atoms with Crippen LogP contribution >= 0.6 is 23.4 Å². The maximum atomic E-state index is 12.4. The molecule has 3 rings (SSSR count). The summed E-state index contributed by atoms with van der Waals surface area (Å²) in [5.41, 5.74) is 7.39. The molecule has 1 unspecified atom stereocenters. The van der Waals surface area contributed by atoms with Crippen molar-refractivity contribution in [1.29, 1.82) is 0 Å². The highest BCUT2D eigenvalue weighted by atomic mass is 35.5. The number of benzene rings is 3. The lowest BCUT2D eigenvalue weighted by Gasteiger charge is -2.14. The minimum absolute atomic E-state index is 0.331. The lowest BCUT2D eigenvalue weighted by atomic mass is 10.1. The molecule has 0 aromatic heterocycles. The zero-order valence-electron chi connectivity index (χ0n) is 17.2. The fourth-order valence-electron chi connectivity index (χ4n) is 2.68. The van der Waals surface area contributed by atoms with E-state index in [0.29, 0.717) is 21.8 Å². The summed E-state index contributed by atoms with van der Waals surface area (Å²) in [7, 11) is 0. The standard InChI is InChI=1S/C24H21ClN2O4S/c1-15(23(29)27-20-10-6-17(7-11-20)22(26)28)31-24(30)18-4-2-16(3-5-18)14-32-21-12-8-19(25)9-13-21/h2-13,15H,14H2,1H3,(H2,26,28)(H,27,29). The number of esters is 1. The highest BCUT2D eigenvalue weighted by Gasteiger charge is 2.19. The lowest BCUT2D eigenvalue weighted by Crippen LogP contribution is -2.30. The number of halogens is 1. The minimum atomic E-state index is -1.00. The van der Waals surface area contributed by atoms with E-state index in [2.05, 4.69) is 5.32 Å². The van der Waals surface area contributed by atoms with Crippen LogP contribution in [0.1, 0.15) is 33.2 Å². The average molecular weight is 469 g/mol. The van der Waals surface area contributed by atoms with E-state index in [0.717, 1.165) is 16.2 Å². The molecule has 8 heteroatoms. The van der Waals surface area contributed by atoms with Crippen LogP contribution in [0.2, 0.25) is 5.02 Å². The van der Waals surface area contributed by atoms with Gasteiger partial charge >= 0.3 is 5.97 Å². The third-order valence-corrected chi connectivity index (χ3v) is 5.83. The van der Waals surface area contributed by atoms with E-state index in [1.807, 2.05) is 36.4 Å². The SMILES string of the molecule is CC(OC(=O)c1ccc(CSc2ccc(Cl)cc2)cc1)C(=O)Nc1ccc(C(N)=O)cc1. The van der Waals surface area contributed by atoms with Crippen LogP contribution in [-0.4, -0.2) is 23.9 Å². The molecule has 0 aliphatic carbocycles. The van der Waals surface area contributed by atoms with Gasteiger partial charge in [0.15, 0.2) is 6.10 Å². The Balaban J connectivity index is 1.51. The van der Waals surface area contributed by atoms with Crippen molar-refractivity contribution in [3.63, 3.8) is 0 Å². The van der Waals surface area contributed by atoms with Crippen molar-refractivity contribution in [2.45, 2.75) is 23.7 Å². The van der Waals surface area contributed by atoms with Crippen LogP contribution in [0.15, 0.2) is 77.7 Å². The fraction of sp³-hybridized carbons (Fsp3) is 0.125. The molecular formula is C24H21ClN2O4S. The van der Waals surface area contributed by atoms with Gasteiger partial charge in [0.25, 0.3) is 5.91 Å². The quantitative estimate of drug-likeness (QED) is 0.361. The molecule has 0 heterocycles. The van der Waals surface area contributed by atoms with Crippen molar-refractivity contribution in [3.05, 3.63) is 94.5 Å². The number of primary amides is 1. The van der Waals surface area contributed by atoms with Crippen LogP contribution in [-0.2, 0) is 15.3 Å². The third kappa shape index (κ3) is 6.60. The molecule has 1 atom stereocenters. The zero-order chi connectivity index (χ0) is 23.1. The number of hydrogen-bond donors (Lipinski definition) is 2. The van der Waals surface area contributed by atoms with Crippen LogP contribution in [0.5, 0.6) is 0 Å². The summed E-state index contributed by atoms with van der Waals surface area (Å²) < 4.78 is 5.27. The summed E-state index contributed by atoms with van der Waals surface area (Å²) in [4.78, 5) is 36.9.